The number of carbonyl (C=O) groups is 1. The van der Waals surface area contributed by atoms with E-state index in [1.165, 1.54) is 0 Å². The maximum Gasteiger partial charge on any atom is 0.260 e. The first-order valence-corrected chi connectivity index (χ1v) is 13.7. The van der Waals surface area contributed by atoms with Crippen LogP contribution < -0.4 is 10.6 Å². The van der Waals surface area contributed by atoms with Gasteiger partial charge in [-0.1, -0.05) is 51.1 Å². The van der Waals surface area contributed by atoms with Gasteiger partial charge in [0, 0.05) is 37.5 Å². The van der Waals surface area contributed by atoms with Crippen molar-refractivity contribution in [1.82, 2.24) is 20.4 Å². The van der Waals surface area contributed by atoms with Gasteiger partial charge in [0.15, 0.2) is 0 Å². The minimum Gasteiger partial charge on any atom is -0.348 e. The number of amidine groups is 2. The van der Waals surface area contributed by atoms with Crippen molar-refractivity contribution in [2.24, 2.45) is 5.92 Å². The number of nitrogens with zero attached hydrogens (tertiary/aromatic N) is 2. The molecule has 0 bridgehead atoms. The van der Waals surface area contributed by atoms with E-state index in [4.69, 9.17) is 10.8 Å². The van der Waals surface area contributed by atoms with Gasteiger partial charge in [-0.15, -0.1) is 0 Å². The summed E-state index contributed by atoms with van der Waals surface area (Å²) in [5, 5.41) is 22.6. The zero-order valence-electron chi connectivity index (χ0n) is 22.7. The Morgan fingerprint density at radius 2 is 1.86 bits per heavy atom. The third-order valence-electron chi connectivity index (χ3n) is 7.80. The van der Waals surface area contributed by atoms with E-state index >= 15 is 0 Å². The van der Waals surface area contributed by atoms with Crippen LogP contribution in [-0.2, 0) is 4.79 Å². The van der Waals surface area contributed by atoms with Gasteiger partial charge in [0.2, 0.25) is 5.91 Å². The number of alkyl halides is 2. The number of benzene rings is 1. The normalized spacial score (nSPS) is 24.6. The maximum absolute atomic E-state index is 13.6. The lowest BCUT2D eigenvalue weighted by molar-refractivity contribution is -0.126. The van der Waals surface area contributed by atoms with Crippen LogP contribution in [0, 0.1) is 16.7 Å². The third kappa shape index (κ3) is 7.80. The molecule has 0 radical (unpaired) electrons. The molecule has 2 fully saturated rings. The molecule has 206 valence electrons. The van der Waals surface area contributed by atoms with E-state index < -0.39 is 18.5 Å². The lowest BCUT2D eigenvalue weighted by atomic mass is 9.99. The molecular weight excluding hydrogens is 474 g/mol. The van der Waals surface area contributed by atoms with E-state index in [2.05, 4.69) is 22.5 Å². The Bertz CT molecular complexity index is 915. The Kier molecular flexibility index (Phi) is 10.2. The fourth-order valence-electron chi connectivity index (χ4n) is 5.55. The van der Waals surface area contributed by atoms with Gasteiger partial charge in [-0.2, -0.15) is 0 Å². The molecule has 9 heteroatoms. The molecule has 1 aromatic rings. The van der Waals surface area contributed by atoms with E-state index in [0.717, 1.165) is 31.4 Å². The average Bonchev–Trinajstić information content (AvgIpc) is 3.26. The van der Waals surface area contributed by atoms with E-state index in [-0.39, 0.29) is 36.8 Å². The molecule has 0 spiro atoms. The van der Waals surface area contributed by atoms with Gasteiger partial charge < -0.3 is 15.5 Å². The second-order valence-electron chi connectivity index (χ2n) is 10.9. The van der Waals surface area contributed by atoms with Crippen LogP contribution in [0.4, 0.5) is 8.78 Å². The zero-order valence-corrected chi connectivity index (χ0v) is 22.7. The van der Waals surface area contributed by atoms with Crippen molar-refractivity contribution in [3.05, 3.63) is 35.9 Å². The largest absolute Gasteiger partial charge is 0.348 e. The Hall–Kier alpha value is -2.39. The summed E-state index contributed by atoms with van der Waals surface area (Å²) in [7, 11) is 0. The predicted octanol–water partition coefficient (Wildman–Crippen LogP) is 4.80. The van der Waals surface area contributed by atoms with Crippen molar-refractivity contribution in [2.75, 3.05) is 19.6 Å². The van der Waals surface area contributed by atoms with Crippen molar-refractivity contribution in [3.8, 4) is 0 Å². The quantitative estimate of drug-likeness (QED) is 0.264. The van der Waals surface area contributed by atoms with Gasteiger partial charge in [-0.05, 0) is 44.6 Å². The summed E-state index contributed by atoms with van der Waals surface area (Å²) in [6.07, 6.45) is 3.63. The summed E-state index contributed by atoms with van der Waals surface area (Å²) < 4.78 is 27.1. The van der Waals surface area contributed by atoms with Crippen LogP contribution >= 0.6 is 0 Å². The molecule has 2 aliphatic rings. The maximum atomic E-state index is 13.6. The first-order chi connectivity index (χ1) is 17.5. The molecule has 7 nitrogen and oxygen atoms in total. The molecule has 2 saturated heterocycles. The highest BCUT2D eigenvalue weighted by atomic mass is 19.3. The minimum atomic E-state index is -2.76. The number of amides is 1. The van der Waals surface area contributed by atoms with E-state index in [1.54, 1.807) is 6.92 Å². The summed E-state index contributed by atoms with van der Waals surface area (Å²) in [5.41, 5.74) is 0.999. The van der Waals surface area contributed by atoms with Crippen LogP contribution in [0.15, 0.2) is 30.3 Å². The van der Waals surface area contributed by atoms with Gasteiger partial charge in [0.25, 0.3) is 5.92 Å². The highest BCUT2D eigenvalue weighted by Crippen LogP contribution is 2.30. The lowest BCUT2D eigenvalue weighted by Gasteiger charge is -2.36. The second-order valence-corrected chi connectivity index (χ2v) is 10.9. The summed E-state index contributed by atoms with van der Waals surface area (Å²) in [5.74, 6) is -2.09. The Morgan fingerprint density at radius 3 is 2.43 bits per heavy atom. The van der Waals surface area contributed by atoms with Crippen molar-refractivity contribution in [2.45, 2.75) is 96.3 Å². The molecular formula is C28H44F2N6O. The number of likely N-dealkylation sites (tertiary alicyclic amines) is 1. The molecule has 3 rings (SSSR count). The Balaban J connectivity index is 1.71. The first kappa shape index (κ1) is 29.2. The summed E-state index contributed by atoms with van der Waals surface area (Å²) >= 11 is 0. The number of halogens is 2. The average molecular weight is 519 g/mol. The lowest BCUT2D eigenvalue weighted by Crippen LogP contribution is -2.53. The summed E-state index contributed by atoms with van der Waals surface area (Å²) in [6.45, 7) is 8.80. The van der Waals surface area contributed by atoms with Gasteiger partial charge in [0.1, 0.15) is 5.84 Å². The minimum absolute atomic E-state index is 0.0446. The second kappa shape index (κ2) is 12.9. The highest BCUT2D eigenvalue weighted by molar-refractivity contribution is 5.97. The van der Waals surface area contributed by atoms with Gasteiger partial charge in [0.05, 0.1) is 24.5 Å². The van der Waals surface area contributed by atoms with E-state index in [9.17, 15) is 13.6 Å². The zero-order chi connectivity index (χ0) is 27.2. The van der Waals surface area contributed by atoms with Gasteiger partial charge >= 0.3 is 0 Å². The molecule has 2 aliphatic heterocycles. The Labute approximate surface area is 220 Å². The molecule has 4 N–H and O–H groups in total. The van der Waals surface area contributed by atoms with Crippen LogP contribution in [0.3, 0.4) is 0 Å². The summed E-state index contributed by atoms with van der Waals surface area (Å²) in [4.78, 5) is 17.4. The molecule has 4 atom stereocenters. The van der Waals surface area contributed by atoms with Gasteiger partial charge in [-0.25, -0.2) is 8.78 Å². The molecule has 1 amide bonds. The number of carbonyl (C=O) groups excluding carboxylic acids is 1. The molecule has 0 aromatic heterocycles. The molecule has 0 saturated carbocycles. The predicted molar refractivity (Wildman–Crippen MR) is 144 cm³/mol. The SMILES string of the molecule is CCC1CCC(CN(C(C)=N)C(=N)C(C)C)N1CCC(NC(=O)C1CCC(F)(F)CN1)c1ccccc1. The number of hydrogen-bond donors (Lipinski definition) is 4. The van der Waals surface area contributed by atoms with Crippen LogP contribution in [0.5, 0.6) is 0 Å². The highest BCUT2D eigenvalue weighted by Gasteiger charge is 2.38. The molecule has 37 heavy (non-hydrogen) atoms. The van der Waals surface area contributed by atoms with Crippen LogP contribution in [-0.4, -0.2) is 71.1 Å². The molecule has 1 aromatic carbocycles. The third-order valence-corrected chi connectivity index (χ3v) is 7.80. The fourth-order valence-corrected chi connectivity index (χ4v) is 5.55. The van der Waals surface area contributed by atoms with Crippen molar-refractivity contribution < 1.29 is 13.6 Å². The monoisotopic (exact) mass is 518 g/mol. The standard InChI is InChI=1S/C28H44F2N6O/c1-5-22-11-12-23(17-36(20(4)31)26(32)19(2)3)35(22)16-14-24(21-9-7-6-8-10-21)34-27(37)25-13-15-28(29,30)18-33-25/h6-10,19,22-25,31-33H,5,11-18H2,1-4H3,(H,34,37). The summed E-state index contributed by atoms with van der Waals surface area (Å²) in [6, 6.07) is 9.62. The van der Waals surface area contributed by atoms with Gasteiger partial charge in [-0.3, -0.25) is 20.5 Å². The van der Waals surface area contributed by atoms with Crippen molar-refractivity contribution in [1.29, 1.82) is 10.8 Å². The number of nitrogens with one attached hydrogen (secondary N) is 4. The van der Waals surface area contributed by atoms with Crippen molar-refractivity contribution >= 4 is 17.6 Å². The first-order valence-electron chi connectivity index (χ1n) is 13.7. The van der Waals surface area contributed by atoms with Crippen LogP contribution in [0.2, 0.25) is 0 Å². The molecule has 4 unspecified atom stereocenters. The smallest absolute Gasteiger partial charge is 0.260 e. The number of piperidine rings is 1. The number of hydrogen-bond acceptors (Lipinski definition) is 5. The topological polar surface area (TPSA) is 95.3 Å². The van der Waals surface area contributed by atoms with Crippen LogP contribution in [0.25, 0.3) is 0 Å². The van der Waals surface area contributed by atoms with E-state index in [1.807, 2.05) is 49.1 Å². The van der Waals surface area contributed by atoms with E-state index in [0.29, 0.717) is 30.7 Å². The van der Waals surface area contributed by atoms with Crippen LogP contribution in [0.1, 0.15) is 77.8 Å². The number of rotatable bonds is 10. The molecule has 2 heterocycles. The fraction of sp³-hybridized carbons (Fsp3) is 0.679. The Morgan fingerprint density at radius 1 is 1.19 bits per heavy atom. The molecule has 0 aliphatic carbocycles. The van der Waals surface area contributed by atoms with Crippen molar-refractivity contribution in [3.63, 3.8) is 0 Å².